The third-order valence-corrected chi connectivity index (χ3v) is 5.06. The van der Waals surface area contributed by atoms with Gasteiger partial charge in [0.15, 0.2) is 0 Å². The molecule has 4 atom stereocenters. The van der Waals surface area contributed by atoms with Crippen LogP contribution in [0.3, 0.4) is 0 Å². The van der Waals surface area contributed by atoms with Crippen molar-refractivity contribution in [3.05, 3.63) is 29.3 Å². The fourth-order valence-corrected chi connectivity index (χ4v) is 3.77. The molecule has 2 aliphatic rings. The van der Waals surface area contributed by atoms with Gasteiger partial charge in [-0.15, -0.1) is 12.4 Å². The molecular weight excluding hydrogens is 272 g/mol. The lowest BCUT2D eigenvalue weighted by molar-refractivity contribution is -0.121. The van der Waals surface area contributed by atoms with Crippen LogP contribution in [0.4, 0.5) is 5.69 Å². The summed E-state index contributed by atoms with van der Waals surface area (Å²) < 4.78 is 0. The van der Waals surface area contributed by atoms with Gasteiger partial charge < -0.3 is 11.1 Å². The number of hydrogen-bond acceptors (Lipinski definition) is 2. The van der Waals surface area contributed by atoms with Crippen molar-refractivity contribution >= 4 is 24.0 Å². The topological polar surface area (TPSA) is 55.1 Å². The standard InChI is InChI=1S/C16H22N2O.ClH/c1-9-3-6-13(7-10(9)2)18-16(19)14-11-4-5-12(8-11)15(14)17;/h3,6-7,11-12,14-15H,4-5,8,17H2,1-2H3,(H,18,19);1H. The number of aryl methyl sites for hydroxylation is 2. The number of fused-ring (bicyclic) bond motifs is 2. The largest absolute Gasteiger partial charge is 0.327 e. The summed E-state index contributed by atoms with van der Waals surface area (Å²) in [4.78, 5) is 12.4. The molecule has 20 heavy (non-hydrogen) atoms. The summed E-state index contributed by atoms with van der Waals surface area (Å²) in [5, 5.41) is 3.05. The van der Waals surface area contributed by atoms with Crippen molar-refractivity contribution in [2.24, 2.45) is 23.5 Å². The summed E-state index contributed by atoms with van der Waals surface area (Å²) in [7, 11) is 0. The predicted octanol–water partition coefficient (Wildman–Crippen LogP) is 3.04. The number of carbonyl (C=O) groups excluding carboxylic acids is 1. The zero-order valence-corrected chi connectivity index (χ0v) is 12.9. The summed E-state index contributed by atoms with van der Waals surface area (Å²) in [5.41, 5.74) is 9.55. The minimum atomic E-state index is 0. The Labute approximate surface area is 126 Å². The zero-order chi connectivity index (χ0) is 13.6. The van der Waals surface area contributed by atoms with Crippen molar-refractivity contribution in [1.82, 2.24) is 0 Å². The Bertz CT molecular complexity index is 515. The minimum absolute atomic E-state index is 0. The third-order valence-electron chi connectivity index (χ3n) is 5.06. The van der Waals surface area contributed by atoms with Gasteiger partial charge in [0.2, 0.25) is 5.91 Å². The number of carbonyl (C=O) groups is 1. The van der Waals surface area contributed by atoms with E-state index in [9.17, 15) is 4.79 Å². The van der Waals surface area contributed by atoms with Crippen LogP contribution < -0.4 is 11.1 Å². The van der Waals surface area contributed by atoms with E-state index in [0.29, 0.717) is 11.8 Å². The van der Waals surface area contributed by atoms with Gasteiger partial charge in [-0.3, -0.25) is 4.79 Å². The molecule has 4 unspecified atom stereocenters. The second-order valence-electron chi connectivity index (χ2n) is 6.22. The maximum atomic E-state index is 12.4. The van der Waals surface area contributed by atoms with Crippen LogP contribution in [0.1, 0.15) is 30.4 Å². The second-order valence-corrected chi connectivity index (χ2v) is 6.22. The lowest BCUT2D eigenvalue weighted by Gasteiger charge is -2.27. The van der Waals surface area contributed by atoms with Crippen LogP contribution in [-0.2, 0) is 4.79 Å². The van der Waals surface area contributed by atoms with Crippen LogP contribution in [0, 0.1) is 31.6 Å². The molecule has 1 aromatic carbocycles. The first-order valence-electron chi connectivity index (χ1n) is 7.20. The highest BCUT2D eigenvalue weighted by Crippen LogP contribution is 2.47. The Morgan fingerprint density at radius 2 is 1.90 bits per heavy atom. The number of halogens is 1. The molecule has 1 aromatic rings. The van der Waals surface area contributed by atoms with Gasteiger partial charge in [0.25, 0.3) is 0 Å². The number of benzene rings is 1. The van der Waals surface area contributed by atoms with E-state index in [1.165, 1.54) is 24.0 Å². The molecule has 2 aliphatic carbocycles. The van der Waals surface area contributed by atoms with Gasteiger partial charge in [0.05, 0.1) is 5.92 Å². The van der Waals surface area contributed by atoms with E-state index in [2.05, 4.69) is 19.2 Å². The Morgan fingerprint density at radius 3 is 2.50 bits per heavy atom. The van der Waals surface area contributed by atoms with Gasteiger partial charge in [-0.1, -0.05) is 6.07 Å². The molecule has 3 rings (SSSR count). The van der Waals surface area contributed by atoms with Crippen LogP contribution in [0.15, 0.2) is 18.2 Å². The van der Waals surface area contributed by atoms with E-state index in [1.807, 2.05) is 18.2 Å². The van der Waals surface area contributed by atoms with Crippen molar-refractivity contribution < 1.29 is 4.79 Å². The molecule has 1 amide bonds. The molecule has 110 valence electrons. The molecule has 2 saturated carbocycles. The first kappa shape index (κ1) is 15.3. The zero-order valence-electron chi connectivity index (χ0n) is 12.1. The smallest absolute Gasteiger partial charge is 0.229 e. The van der Waals surface area contributed by atoms with Crippen LogP contribution >= 0.6 is 12.4 Å². The Balaban J connectivity index is 0.00000147. The molecule has 0 spiro atoms. The van der Waals surface area contributed by atoms with Gasteiger partial charge in [0, 0.05) is 11.7 Å². The first-order chi connectivity index (χ1) is 9.06. The number of anilines is 1. The quantitative estimate of drug-likeness (QED) is 0.881. The number of rotatable bonds is 2. The van der Waals surface area contributed by atoms with Crippen molar-refractivity contribution in [2.45, 2.75) is 39.2 Å². The van der Waals surface area contributed by atoms with Crippen LogP contribution in [0.25, 0.3) is 0 Å². The van der Waals surface area contributed by atoms with Crippen molar-refractivity contribution in [3.63, 3.8) is 0 Å². The first-order valence-corrected chi connectivity index (χ1v) is 7.20. The molecule has 0 radical (unpaired) electrons. The third kappa shape index (κ3) is 2.57. The minimum Gasteiger partial charge on any atom is -0.327 e. The fraction of sp³-hybridized carbons (Fsp3) is 0.562. The fourth-order valence-electron chi connectivity index (χ4n) is 3.77. The van der Waals surface area contributed by atoms with Crippen molar-refractivity contribution in [3.8, 4) is 0 Å². The molecular formula is C16H23ClN2O. The molecule has 3 N–H and O–H groups in total. The SMILES string of the molecule is Cc1ccc(NC(=O)C2C3CCC(C3)C2N)cc1C.Cl. The lowest BCUT2D eigenvalue weighted by atomic mass is 9.84. The summed E-state index contributed by atoms with van der Waals surface area (Å²) in [6, 6.07) is 6.11. The Hall–Kier alpha value is -1.06. The maximum Gasteiger partial charge on any atom is 0.229 e. The average Bonchev–Trinajstić information content (AvgIpc) is 2.94. The normalized spacial score (nSPS) is 30.9. The summed E-state index contributed by atoms with van der Waals surface area (Å²) in [6.07, 6.45) is 3.52. The van der Waals surface area contributed by atoms with Gasteiger partial charge in [-0.2, -0.15) is 0 Å². The monoisotopic (exact) mass is 294 g/mol. The van der Waals surface area contributed by atoms with E-state index in [-0.39, 0.29) is 30.3 Å². The maximum absolute atomic E-state index is 12.4. The van der Waals surface area contributed by atoms with E-state index in [4.69, 9.17) is 5.73 Å². The molecule has 4 heteroatoms. The van der Waals surface area contributed by atoms with Crippen LogP contribution in [0.2, 0.25) is 0 Å². The number of nitrogens with one attached hydrogen (secondary N) is 1. The van der Waals surface area contributed by atoms with E-state index in [0.717, 1.165) is 12.1 Å². The van der Waals surface area contributed by atoms with Gasteiger partial charge in [0.1, 0.15) is 0 Å². The van der Waals surface area contributed by atoms with Crippen molar-refractivity contribution in [2.75, 3.05) is 5.32 Å². The molecule has 3 nitrogen and oxygen atoms in total. The second kappa shape index (κ2) is 5.74. The molecule has 0 aliphatic heterocycles. The van der Waals surface area contributed by atoms with Crippen molar-refractivity contribution in [1.29, 1.82) is 0 Å². The highest BCUT2D eigenvalue weighted by Gasteiger charge is 2.49. The van der Waals surface area contributed by atoms with E-state index >= 15 is 0 Å². The van der Waals surface area contributed by atoms with Gasteiger partial charge in [-0.25, -0.2) is 0 Å². The molecule has 2 fully saturated rings. The summed E-state index contributed by atoms with van der Waals surface area (Å²) >= 11 is 0. The molecule has 0 heterocycles. The highest BCUT2D eigenvalue weighted by molar-refractivity contribution is 5.93. The van der Waals surface area contributed by atoms with Crippen LogP contribution in [0.5, 0.6) is 0 Å². The number of hydrogen-bond donors (Lipinski definition) is 2. The summed E-state index contributed by atoms with van der Waals surface area (Å²) in [5.74, 6) is 1.20. The Kier molecular flexibility index (Phi) is 4.40. The van der Waals surface area contributed by atoms with Crippen LogP contribution in [-0.4, -0.2) is 11.9 Å². The summed E-state index contributed by atoms with van der Waals surface area (Å²) in [6.45, 7) is 4.14. The predicted molar refractivity (Wildman–Crippen MR) is 84.1 cm³/mol. The molecule has 2 bridgehead atoms. The van der Waals surface area contributed by atoms with Gasteiger partial charge >= 0.3 is 0 Å². The van der Waals surface area contributed by atoms with Gasteiger partial charge in [-0.05, 0) is 68.2 Å². The molecule has 0 aromatic heterocycles. The lowest BCUT2D eigenvalue weighted by Crippen LogP contribution is -2.42. The van der Waals surface area contributed by atoms with E-state index < -0.39 is 0 Å². The molecule has 0 saturated heterocycles. The average molecular weight is 295 g/mol. The highest BCUT2D eigenvalue weighted by atomic mass is 35.5. The number of amides is 1. The number of nitrogens with two attached hydrogens (primary N) is 1. The van der Waals surface area contributed by atoms with E-state index in [1.54, 1.807) is 0 Å². The Morgan fingerprint density at radius 1 is 1.20 bits per heavy atom.